The van der Waals surface area contributed by atoms with Crippen LogP contribution in [0.25, 0.3) is 6.08 Å². The Balaban J connectivity index is 1.83. The molecular formula is C20H16ClFN4O3. The zero-order valence-electron chi connectivity index (χ0n) is 15.3. The third-order valence-corrected chi connectivity index (χ3v) is 4.52. The van der Waals surface area contributed by atoms with Crippen LogP contribution in [-0.4, -0.2) is 20.4 Å². The highest BCUT2D eigenvalue weighted by Gasteiger charge is 2.20. The zero-order chi connectivity index (χ0) is 21.0. The maximum atomic E-state index is 13.3. The van der Waals surface area contributed by atoms with Gasteiger partial charge in [0.05, 0.1) is 4.92 Å². The summed E-state index contributed by atoms with van der Waals surface area (Å²) in [6.07, 6.45) is 6.03. The molecule has 0 saturated carbocycles. The number of halogens is 2. The number of benzene rings is 2. The lowest BCUT2D eigenvalue weighted by Crippen LogP contribution is -2.29. The number of carbonyl (C=O) groups is 1. The number of hydrogen-bond acceptors (Lipinski definition) is 4. The van der Waals surface area contributed by atoms with Gasteiger partial charge in [0.2, 0.25) is 5.91 Å². The van der Waals surface area contributed by atoms with Gasteiger partial charge in [-0.3, -0.25) is 14.9 Å². The number of hydrogen-bond donors (Lipinski definition) is 1. The Kier molecular flexibility index (Phi) is 6.04. The largest absolute Gasteiger partial charge is 0.339 e. The van der Waals surface area contributed by atoms with Crippen molar-refractivity contribution in [3.8, 4) is 0 Å². The molecule has 1 N–H and O–H groups in total. The van der Waals surface area contributed by atoms with Crippen LogP contribution in [-0.2, 0) is 11.8 Å². The maximum Gasteiger partial charge on any atom is 0.288 e. The molecular weight excluding hydrogens is 399 g/mol. The molecule has 148 valence electrons. The summed E-state index contributed by atoms with van der Waals surface area (Å²) >= 11 is 5.79. The van der Waals surface area contributed by atoms with Gasteiger partial charge in [0.25, 0.3) is 5.69 Å². The smallest absolute Gasteiger partial charge is 0.288 e. The van der Waals surface area contributed by atoms with E-state index in [4.69, 9.17) is 11.6 Å². The van der Waals surface area contributed by atoms with Gasteiger partial charge in [-0.2, -0.15) is 0 Å². The second kappa shape index (κ2) is 8.66. The number of carbonyl (C=O) groups excluding carboxylic acids is 1. The number of amides is 1. The number of nitrogens with one attached hydrogen (secondary N) is 1. The number of nitro benzene ring substituents is 1. The molecule has 9 heteroatoms. The first-order chi connectivity index (χ1) is 13.8. The number of nitro groups is 1. The van der Waals surface area contributed by atoms with E-state index in [-0.39, 0.29) is 16.5 Å². The van der Waals surface area contributed by atoms with Gasteiger partial charge < -0.3 is 9.88 Å². The van der Waals surface area contributed by atoms with Gasteiger partial charge in [0.15, 0.2) is 0 Å². The molecule has 3 rings (SSSR count). The quantitative estimate of drug-likeness (QED) is 0.374. The summed E-state index contributed by atoms with van der Waals surface area (Å²) in [5.41, 5.74) is 0.863. The second-order valence-electron chi connectivity index (χ2n) is 6.19. The fourth-order valence-electron chi connectivity index (χ4n) is 2.74. The average molecular weight is 415 g/mol. The fraction of sp³-hybridized carbons (Fsp3) is 0.100. The summed E-state index contributed by atoms with van der Waals surface area (Å²) in [6.45, 7) is 0. The van der Waals surface area contributed by atoms with Crippen molar-refractivity contribution in [1.82, 2.24) is 14.9 Å². The molecule has 1 heterocycles. The van der Waals surface area contributed by atoms with E-state index >= 15 is 0 Å². The highest BCUT2D eigenvalue weighted by molar-refractivity contribution is 6.32. The van der Waals surface area contributed by atoms with Gasteiger partial charge in [-0.1, -0.05) is 29.8 Å². The molecule has 0 bridgehead atoms. The van der Waals surface area contributed by atoms with Crippen LogP contribution in [0.5, 0.6) is 0 Å². The summed E-state index contributed by atoms with van der Waals surface area (Å²) in [4.78, 5) is 27.1. The summed E-state index contributed by atoms with van der Waals surface area (Å²) in [5, 5.41) is 13.8. The molecule has 0 radical (unpaired) electrons. The molecule has 0 aliphatic rings. The molecule has 0 aliphatic carbocycles. The normalized spacial score (nSPS) is 12.1. The number of aryl methyl sites for hydroxylation is 1. The van der Waals surface area contributed by atoms with E-state index in [9.17, 15) is 19.3 Å². The number of rotatable bonds is 6. The minimum atomic E-state index is -0.604. The third-order valence-electron chi connectivity index (χ3n) is 4.20. The first kappa shape index (κ1) is 20.2. The molecule has 7 nitrogen and oxygen atoms in total. The number of aromatic nitrogens is 2. The van der Waals surface area contributed by atoms with E-state index in [2.05, 4.69) is 10.3 Å². The van der Waals surface area contributed by atoms with Gasteiger partial charge in [0, 0.05) is 31.6 Å². The molecule has 0 fully saturated rings. The molecule has 3 aromatic rings. The minimum Gasteiger partial charge on any atom is -0.339 e. The first-order valence-electron chi connectivity index (χ1n) is 8.50. The summed E-state index contributed by atoms with van der Waals surface area (Å²) in [5.74, 6) is -0.261. The van der Waals surface area contributed by atoms with Crippen LogP contribution in [0, 0.1) is 15.9 Å². The molecule has 1 unspecified atom stereocenters. The topological polar surface area (TPSA) is 90.1 Å². The van der Waals surface area contributed by atoms with Crippen molar-refractivity contribution in [3.05, 3.63) is 98.8 Å². The van der Waals surface area contributed by atoms with Gasteiger partial charge in [-0.25, -0.2) is 9.37 Å². The molecule has 0 spiro atoms. The highest BCUT2D eigenvalue weighted by Crippen LogP contribution is 2.26. The van der Waals surface area contributed by atoms with E-state index in [0.717, 1.165) is 0 Å². The summed E-state index contributed by atoms with van der Waals surface area (Å²) in [7, 11) is 1.79. The Morgan fingerprint density at radius 3 is 2.66 bits per heavy atom. The van der Waals surface area contributed by atoms with Crippen LogP contribution in [0.3, 0.4) is 0 Å². The van der Waals surface area contributed by atoms with E-state index < -0.39 is 16.9 Å². The van der Waals surface area contributed by atoms with Crippen molar-refractivity contribution < 1.29 is 14.1 Å². The Bertz CT molecular complexity index is 1080. The monoisotopic (exact) mass is 414 g/mol. The standard InChI is InChI=1S/C20H16ClFN4O3/c1-25-11-10-23-20(25)19(14-4-6-15(22)7-5-14)24-18(27)9-3-13-2-8-16(21)17(12-13)26(28)29/h2-12,19H,1H3,(H,24,27)/b9-3+. The summed E-state index contributed by atoms with van der Waals surface area (Å²) < 4.78 is 15.0. The van der Waals surface area contributed by atoms with Crippen LogP contribution in [0.2, 0.25) is 5.02 Å². The van der Waals surface area contributed by atoms with Crippen molar-refractivity contribution in [2.45, 2.75) is 6.04 Å². The van der Waals surface area contributed by atoms with Gasteiger partial charge in [0.1, 0.15) is 22.7 Å². The van der Waals surface area contributed by atoms with Crippen molar-refractivity contribution in [2.75, 3.05) is 0 Å². The van der Waals surface area contributed by atoms with E-state index in [0.29, 0.717) is 17.0 Å². The lowest BCUT2D eigenvalue weighted by Gasteiger charge is -2.18. The van der Waals surface area contributed by atoms with Gasteiger partial charge >= 0.3 is 0 Å². The third kappa shape index (κ3) is 4.85. The van der Waals surface area contributed by atoms with Gasteiger partial charge in [-0.15, -0.1) is 0 Å². The van der Waals surface area contributed by atoms with Crippen molar-refractivity contribution in [1.29, 1.82) is 0 Å². The van der Waals surface area contributed by atoms with E-state index in [1.54, 1.807) is 42.2 Å². The van der Waals surface area contributed by atoms with Crippen LogP contribution in [0.4, 0.5) is 10.1 Å². The van der Waals surface area contributed by atoms with Gasteiger partial charge in [-0.05, 0) is 35.4 Å². The highest BCUT2D eigenvalue weighted by atomic mass is 35.5. The Hall–Kier alpha value is -3.52. The molecule has 29 heavy (non-hydrogen) atoms. The average Bonchev–Trinajstić information content (AvgIpc) is 3.11. The van der Waals surface area contributed by atoms with Crippen LogP contribution < -0.4 is 5.32 Å². The van der Waals surface area contributed by atoms with E-state index in [1.807, 2.05) is 0 Å². The van der Waals surface area contributed by atoms with Crippen molar-refractivity contribution >= 4 is 29.3 Å². The lowest BCUT2D eigenvalue weighted by atomic mass is 10.1. The Morgan fingerprint density at radius 2 is 2.03 bits per heavy atom. The predicted octanol–water partition coefficient (Wildman–Crippen LogP) is 4.04. The molecule has 0 aliphatic heterocycles. The Morgan fingerprint density at radius 1 is 1.31 bits per heavy atom. The number of imidazole rings is 1. The van der Waals surface area contributed by atoms with Crippen LogP contribution >= 0.6 is 11.6 Å². The Labute approximate surface area is 170 Å². The number of nitrogens with zero attached hydrogens (tertiary/aromatic N) is 3. The van der Waals surface area contributed by atoms with Crippen molar-refractivity contribution in [3.63, 3.8) is 0 Å². The lowest BCUT2D eigenvalue weighted by molar-refractivity contribution is -0.384. The van der Waals surface area contributed by atoms with Crippen molar-refractivity contribution in [2.24, 2.45) is 7.05 Å². The second-order valence-corrected chi connectivity index (χ2v) is 6.60. The molecule has 1 amide bonds. The predicted molar refractivity (Wildman–Crippen MR) is 107 cm³/mol. The first-order valence-corrected chi connectivity index (χ1v) is 8.88. The molecule has 2 aromatic carbocycles. The van der Waals surface area contributed by atoms with Crippen LogP contribution in [0.1, 0.15) is 23.0 Å². The van der Waals surface area contributed by atoms with Crippen LogP contribution in [0.15, 0.2) is 60.9 Å². The summed E-state index contributed by atoms with van der Waals surface area (Å²) in [6, 6.07) is 9.39. The van der Waals surface area contributed by atoms with E-state index in [1.165, 1.54) is 36.4 Å². The minimum absolute atomic E-state index is 0.0164. The molecule has 0 saturated heterocycles. The molecule has 1 atom stereocenters. The fourth-order valence-corrected chi connectivity index (χ4v) is 2.93. The zero-order valence-corrected chi connectivity index (χ0v) is 16.0. The maximum absolute atomic E-state index is 13.3. The molecule has 1 aromatic heterocycles. The SMILES string of the molecule is Cn1ccnc1C(NC(=O)/C=C/c1ccc(Cl)c([N+](=O)[O-])c1)c1ccc(F)cc1.